The topological polar surface area (TPSA) is 38.0 Å². The highest BCUT2D eigenvalue weighted by Gasteiger charge is 2.24. The van der Waals surface area contributed by atoms with E-state index in [1.165, 1.54) is 43.2 Å². The highest BCUT2D eigenvalue weighted by molar-refractivity contribution is 5.30. The van der Waals surface area contributed by atoms with Crippen molar-refractivity contribution in [1.82, 2.24) is 5.43 Å². The van der Waals surface area contributed by atoms with Gasteiger partial charge in [-0.05, 0) is 29.4 Å². The lowest BCUT2D eigenvalue weighted by Crippen LogP contribution is -2.39. The molecular weight excluding hydrogens is 232 g/mol. The lowest BCUT2D eigenvalue weighted by Gasteiger charge is -2.26. The minimum Gasteiger partial charge on any atom is -0.271 e. The van der Waals surface area contributed by atoms with E-state index in [0.717, 1.165) is 0 Å². The zero-order chi connectivity index (χ0) is 13.9. The first-order valence-corrected chi connectivity index (χ1v) is 7.59. The van der Waals surface area contributed by atoms with Crippen molar-refractivity contribution < 1.29 is 0 Å². The van der Waals surface area contributed by atoms with Gasteiger partial charge in [-0.3, -0.25) is 11.3 Å². The molecule has 0 saturated heterocycles. The van der Waals surface area contributed by atoms with E-state index in [-0.39, 0.29) is 5.41 Å². The standard InChI is InChI=1S/C17H28N2/c1-17(2,3)14-11-9-13(10-12-14)15-7-5-4-6-8-16(15)19-18/h9-12,15-16,19H,4-8,18H2,1-3H3. The van der Waals surface area contributed by atoms with Crippen LogP contribution in [0, 0.1) is 0 Å². The van der Waals surface area contributed by atoms with Gasteiger partial charge in [-0.25, -0.2) is 0 Å². The van der Waals surface area contributed by atoms with Crippen molar-refractivity contribution in [3.8, 4) is 0 Å². The van der Waals surface area contributed by atoms with E-state index in [4.69, 9.17) is 5.84 Å². The van der Waals surface area contributed by atoms with Gasteiger partial charge in [-0.15, -0.1) is 0 Å². The zero-order valence-electron chi connectivity index (χ0n) is 12.6. The molecule has 1 aliphatic rings. The molecule has 2 unspecified atom stereocenters. The Morgan fingerprint density at radius 3 is 2.21 bits per heavy atom. The second kappa shape index (κ2) is 6.06. The van der Waals surface area contributed by atoms with Crippen molar-refractivity contribution >= 4 is 0 Å². The predicted molar refractivity (Wildman–Crippen MR) is 82.1 cm³/mol. The van der Waals surface area contributed by atoms with Crippen molar-refractivity contribution in [3.05, 3.63) is 35.4 Å². The summed E-state index contributed by atoms with van der Waals surface area (Å²) in [5.74, 6) is 6.32. The number of nitrogens with two attached hydrogens (primary N) is 1. The Labute approximate surface area is 117 Å². The molecule has 0 bridgehead atoms. The molecule has 0 spiro atoms. The summed E-state index contributed by atoms with van der Waals surface area (Å²) < 4.78 is 0. The molecule has 1 saturated carbocycles. The fraction of sp³-hybridized carbons (Fsp3) is 0.647. The van der Waals surface area contributed by atoms with E-state index in [1.807, 2.05) is 0 Å². The van der Waals surface area contributed by atoms with Crippen molar-refractivity contribution in [3.63, 3.8) is 0 Å². The molecule has 19 heavy (non-hydrogen) atoms. The maximum atomic E-state index is 5.75. The summed E-state index contributed by atoms with van der Waals surface area (Å²) in [5, 5.41) is 0. The number of hydrazine groups is 1. The molecule has 3 N–H and O–H groups in total. The molecule has 0 aliphatic heterocycles. The Balaban J connectivity index is 2.19. The molecule has 1 aromatic rings. The molecule has 1 aliphatic carbocycles. The number of nitrogens with one attached hydrogen (secondary N) is 1. The van der Waals surface area contributed by atoms with Crippen molar-refractivity contribution in [2.24, 2.45) is 5.84 Å². The fourth-order valence-corrected chi connectivity index (χ4v) is 3.14. The van der Waals surface area contributed by atoms with Gasteiger partial charge in [0.2, 0.25) is 0 Å². The molecule has 0 aromatic heterocycles. The largest absolute Gasteiger partial charge is 0.271 e. The second-order valence-corrected chi connectivity index (χ2v) is 6.89. The Hall–Kier alpha value is -0.860. The van der Waals surface area contributed by atoms with E-state index in [2.05, 4.69) is 50.5 Å². The molecule has 106 valence electrons. The lowest BCUT2D eigenvalue weighted by atomic mass is 9.83. The molecule has 0 amide bonds. The van der Waals surface area contributed by atoms with Gasteiger partial charge in [0, 0.05) is 12.0 Å². The Kier molecular flexibility index (Phi) is 4.64. The molecule has 1 aromatic carbocycles. The number of rotatable bonds is 2. The van der Waals surface area contributed by atoms with Gasteiger partial charge >= 0.3 is 0 Å². The van der Waals surface area contributed by atoms with Crippen LogP contribution < -0.4 is 11.3 Å². The van der Waals surface area contributed by atoms with Crippen molar-refractivity contribution in [1.29, 1.82) is 0 Å². The van der Waals surface area contributed by atoms with Crippen molar-refractivity contribution in [2.75, 3.05) is 0 Å². The average Bonchev–Trinajstić information content (AvgIpc) is 2.62. The van der Waals surface area contributed by atoms with E-state index in [9.17, 15) is 0 Å². The summed E-state index contributed by atoms with van der Waals surface area (Å²) in [7, 11) is 0. The highest BCUT2D eigenvalue weighted by atomic mass is 15.2. The number of hydrogen-bond acceptors (Lipinski definition) is 2. The summed E-state index contributed by atoms with van der Waals surface area (Å²) in [6.07, 6.45) is 6.41. The molecule has 2 atom stereocenters. The van der Waals surface area contributed by atoms with E-state index in [0.29, 0.717) is 12.0 Å². The van der Waals surface area contributed by atoms with Crippen LogP contribution in [0.3, 0.4) is 0 Å². The van der Waals surface area contributed by atoms with E-state index >= 15 is 0 Å². The Morgan fingerprint density at radius 1 is 1.00 bits per heavy atom. The lowest BCUT2D eigenvalue weighted by molar-refractivity contribution is 0.418. The first-order valence-electron chi connectivity index (χ1n) is 7.59. The monoisotopic (exact) mass is 260 g/mol. The Bertz CT molecular complexity index is 389. The first kappa shape index (κ1) is 14.5. The Morgan fingerprint density at radius 2 is 1.63 bits per heavy atom. The van der Waals surface area contributed by atoms with E-state index in [1.54, 1.807) is 0 Å². The maximum absolute atomic E-state index is 5.75. The average molecular weight is 260 g/mol. The van der Waals surface area contributed by atoms with Gasteiger partial charge in [0.1, 0.15) is 0 Å². The molecular formula is C17H28N2. The van der Waals surface area contributed by atoms with Crippen LogP contribution in [-0.2, 0) is 5.41 Å². The third-order valence-corrected chi connectivity index (χ3v) is 4.43. The summed E-state index contributed by atoms with van der Waals surface area (Å²) >= 11 is 0. The first-order chi connectivity index (χ1) is 9.02. The summed E-state index contributed by atoms with van der Waals surface area (Å²) in [6, 6.07) is 9.62. The molecule has 2 heteroatoms. The highest BCUT2D eigenvalue weighted by Crippen LogP contribution is 2.33. The van der Waals surface area contributed by atoms with Crippen LogP contribution in [0.2, 0.25) is 0 Å². The molecule has 1 fully saturated rings. The van der Waals surface area contributed by atoms with Crippen LogP contribution >= 0.6 is 0 Å². The zero-order valence-corrected chi connectivity index (χ0v) is 12.6. The summed E-state index contributed by atoms with van der Waals surface area (Å²) in [6.45, 7) is 6.79. The third kappa shape index (κ3) is 3.58. The minimum absolute atomic E-state index is 0.230. The molecule has 0 heterocycles. The second-order valence-electron chi connectivity index (χ2n) is 6.89. The van der Waals surface area contributed by atoms with Gasteiger partial charge in [-0.2, -0.15) is 0 Å². The summed E-state index contributed by atoms with van der Waals surface area (Å²) in [4.78, 5) is 0. The molecule has 2 nitrogen and oxygen atoms in total. The molecule has 2 rings (SSSR count). The smallest absolute Gasteiger partial charge is 0.0279 e. The van der Waals surface area contributed by atoms with Crippen LogP contribution in [0.1, 0.15) is 69.9 Å². The number of benzene rings is 1. The van der Waals surface area contributed by atoms with E-state index < -0.39 is 0 Å². The predicted octanol–water partition coefficient (Wildman–Crippen LogP) is 3.86. The normalized spacial score (nSPS) is 25.1. The quantitative estimate of drug-likeness (QED) is 0.481. The third-order valence-electron chi connectivity index (χ3n) is 4.43. The van der Waals surface area contributed by atoms with Crippen LogP contribution in [0.25, 0.3) is 0 Å². The summed E-state index contributed by atoms with van der Waals surface area (Å²) in [5.41, 5.74) is 6.11. The fourth-order valence-electron chi connectivity index (χ4n) is 3.14. The van der Waals surface area contributed by atoms with Crippen LogP contribution in [-0.4, -0.2) is 6.04 Å². The van der Waals surface area contributed by atoms with Gasteiger partial charge in [0.15, 0.2) is 0 Å². The van der Waals surface area contributed by atoms with Gasteiger partial charge in [0.25, 0.3) is 0 Å². The number of hydrogen-bond donors (Lipinski definition) is 2. The van der Waals surface area contributed by atoms with Crippen LogP contribution in [0.5, 0.6) is 0 Å². The molecule has 0 radical (unpaired) electrons. The maximum Gasteiger partial charge on any atom is 0.0279 e. The minimum atomic E-state index is 0.230. The van der Waals surface area contributed by atoms with Crippen LogP contribution in [0.15, 0.2) is 24.3 Å². The SMILES string of the molecule is CC(C)(C)c1ccc(C2CCCCCC2NN)cc1. The van der Waals surface area contributed by atoms with Gasteiger partial charge in [0.05, 0.1) is 0 Å². The van der Waals surface area contributed by atoms with Crippen molar-refractivity contribution in [2.45, 2.75) is 70.3 Å². The van der Waals surface area contributed by atoms with Crippen LogP contribution in [0.4, 0.5) is 0 Å². The van der Waals surface area contributed by atoms with Gasteiger partial charge < -0.3 is 0 Å². The van der Waals surface area contributed by atoms with Gasteiger partial charge in [-0.1, -0.05) is 64.3 Å².